The van der Waals surface area contributed by atoms with Crippen LogP contribution in [0.15, 0.2) is 90.1 Å². The summed E-state index contributed by atoms with van der Waals surface area (Å²) < 4.78 is 4.41. The third kappa shape index (κ3) is 2.58. The second-order valence-electron chi connectivity index (χ2n) is 7.52. The smallest absolute Gasteiger partial charge is 0.212 e. The molecule has 5 aromatic rings. The van der Waals surface area contributed by atoms with Gasteiger partial charge < -0.3 is 10.3 Å². The number of nitrogens with two attached hydrogens (primary N) is 1. The Hall–Kier alpha value is -4.06. The summed E-state index contributed by atoms with van der Waals surface area (Å²) in [6.07, 6.45) is 1.92. The number of benzene rings is 3. The predicted octanol–water partition coefficient (Wildman–Crippen LogP) is 4.33. The fraction of sp³-hybridized carbons (Fsp3) is 0.0833. The molecule has 0 aliphatic carbocycles. The number of aromatic nitrogens is 3. The van der Waals surface area contributed by atoms with Crippen LogP contribution in [0.2, 0.25) is 0 Å². The zero-order valence-electron chi connectivity index (χ0n) is 16.2. The number of anilines is 1. The number of fused-ring (bicyclic) bond motifs is 4. The van der Waals surface area contributed by atoms with Crippen molar-refractivity contribution in [2.45, 2.75) is 12.7 Å². The summed E-state index contributed by atoms with van der Waals surface area (Å²) in [4.78, 5) is 9.50. The van der Waals surface area contributed by atoms with Crippen LogP contribution in [0.4, 0.5) is 5.95 Å². The number of para-hydroxylation sites is 3. The van der Waals surface area contributed by atoms with Gasteiger partial charge in [-0.05, 0) is 23.8 Å². The number of guanidine groups is 1. The van der Waals surface area contributed by atoms with Gasteiger partial charge in [0.2, 0.25) is 5.95 Å². The second kappa shape index (κ2) is 6.49. The van der Waals surface area contributed by atoms with Crippen molar-refractivity contribution in [3.05, 3.63) is 96.2 Å². The third-order valence-corrected chi connectivity index (χ3v) is 5.63. The van der Waals surface area contributed by atoms with E-state index in [4.69, 9.17) is 15.7 Å². The molecule has 0 amide bonds. The molecule has 6 rings (SSSR count). The first kappa shape index (κ1) is 16.9. The number of imidazole rings is 1. The minimum Gasteiger partial charge on any atom is -0.370 e. The molecule has 0 fully saturated rings. The van der Waals surface area contributed by atoms with E-state index < -0.39 is 0 Å². The third-order valence-electron chi connectivity index (χ3n) is 5.63. The summed E-state index contributed by atoms with van der Waals surface area (Å²) in [6.45, 7) is 0.795. The predicted molar refractivity (Wildman–Crippen MR) is 121 cm³/mol. The molecule has 3 N–H and O–H groups in total. The molecule has 30 heavy (non-hydrogen) atoms. The Bertz CT molecular complexity index is 1410. The van der Waals surface area contributed by atoms with Crippen LogP contribution in [-0.4, -0.2) is 20.1 Å². The molecular formula is C24H20N6. The van der Waals surface area contributed by atoms with Crippen molar-refractivity contribution in [3.63, 3.8) is 0 Å². The summed E-state index contributed by atoms with van der Waals surface area (Å²) in [6, 6.07) is 27.0. The van der Waals surface area contributed by atoms with E-state index in [2.05, 4.69) is 75.2 Å². The van der Waals surface area contributed by atoms with Crippen molar-refractivity contribution in [2.24, 2.45) is 10.7 Å². The van der Waals surface area contributed by atoms with E-state index in [1.807, 2.05) is 24.3 Å². The van der Waals surface area contributed by atoms with Gasteiger partial charge in [0.25, 0.3) is 0 Å². The van der Waals surface area contributed by atoms with Crippen molar-refractivity contribution >= 4 is 33.8 Å². The van der Waals surface area contributed by atoms with E-state index >= 15 is 0 Å². The molecule has 3 aromatic carbocycles. The van der Waals surface area contributed by atoms with Gasteiger partial charge in [0, 0.05) is 29.2 Å². The van der Waals surface area contributed by atoms with E-state index in [0.717, 1.165) is 23.1 Å². The second-order valence-corrected chi connectivity index (χ2v) is 7.52. The monoisotopic (exact) mass is 392 g/mol. The lowest BCUT2D eigenvalue weighted by molar-refractivity contribution is 0.627. The normalized spacial score (nSPS) is 15.7. The molecule has 1 aliphatic heterocycles. The molecule has 2 aromatic heterocycles. The van der Waals surface area contributed by atoms with Gasteiger partial charge in [0.15, 0.2) is 12.1 Å². The molecule has 1 aliphatic rings. The molecule has 6 nitrogen and oxygen atoms in total. The summed E-state index contributed by atoms with van der Waals surface area (Å²) in [7, 11) is 0. The van der Waals surface area contributed by atoms with Crippen molar-refractivity contribution in [3.8, 4) is 0 Å². The van der Waals surface area contributed by atoms with Crippen molar-refractivity contribution in [1.29, 1.82) is 0 Å². The van der Waals surface area contributed by atoms with E-state index in [0.29, 0.717) is 11.9 Å². The first-order valence-electron chi connectivity index (χ1n) is 9.97. The first-order valence-corrected chi connectivity index (χ1v) is 9.97. The highest BCUT2D eigenvalue weighted by atomic mass is 15.4. The molecule has 3 heterocycles. The standard InChI is InChI=1S/C24H20N6/c25-23-27-22(30-21-13-7-5-11-19(21)26-24(30)28-23)18-15-29(14-16-8-2-1-3-9-16)20-12-6-4-10-17(18)20/h1-13,15,22H,14H2,(H3,25,26,27,28)/t22-/m1/s1. The van der Waals surface area contributed by atoms with Crippen LogP contribution in [-0.2, 0) is 6.54 Å². The van der Waals surface area contributed by atoms with Gasteiger partial charge in [-0.2, -0.15) is 0 Å². The number of rotatable bonds is 3. The molecule has 0 saturated heterocycles. The van der Waals surface area contributed by atoms with E-state index in [9.17, 15) is 0 Å². The quantitative estimate of drug-likeness (QED) is 0.480. The Morgan fingerprint density at radius 1 is 0.867 bits per heavy atom. The summed E-state index contributed by atoms with van der Waals surface area (Å²) in [5.41, 5.74) is 11.6. The maximum absolute atomic E-state index is 6.15. The van der Waals surface area contributed by atoms with Crippen LogP contribution >= 0.6 is 0 Å². The van der Waals surface area contributed by atoms with Gasteiger partial charge in [0.1, 0.15) is 0 Å². The highest BCUT2D eigenvalue weighted by Crippen LogP contribution is 2.36. The van der Waals surface area contributed by atoms with Crippen LogP contribution in [0.3, 0.4) is 0 Å². The molecule has 0 radical (unpaired) electrons. The van der Waals surface area contributed by atoms with Gasteiger partial charge in [-0.3, -0.25) is 9.88 Å². The Balaban J connectivity index is 1.56. The largest absolute Gasteiger partial charge is 0.370 e. The Kier molecular flexibility index (Phi) is 3.64. The van der Waals surface area contributed by atoms with Gasteiger partial charge in [-0.15, -0.1) is 0 Å². The Morgan fingerprint density at radius 3 is 2.47 bits per heavy atom. The van der Waals surface area contributed by atoms with E-state index in [1.165, 1.54) is 16.5 Å². The average molecular weight is 392 g/mol. The maximum Gasteiger partial charge on any atom is 0.212 e. The Labute approximate surface area is 173 Å². The molecule has 146 valence electrons. The van der Waals surface area contributed by atoms with Crippen LogP contribution in [0.25, 0.3) is 21.9 Å². The lowest BCUT2D eigenvalue weighted by Gasteiger charge is -2.23. The summed E-state index contributed by atoms with van der Waals surface area (Å²) >= 11 is 0. The van der Waals surface area contributed by atoms with Gasteiger partial charge in [-0.25, -0.2) is 9.98 Å². The molecule has 0 bridgehead atoms. The number of nitrogens with one attached hydrogen (secondary N) is 1. The highest BCUT2D eigenvalue weighted by molar-refractivity contribution is 5.95. The summed E-state index contributed by atoms with van der Waals surface area (Å²) in [5, 5.41) is 4.28. The van der Waals surface area contributed by atoms with E-state index in [1.54, 1.807) is 0 Å². The number of nitrogens with zero attached hydrogens (tertiary/aromatic N) is 4. The SMILES string of the molecule is NC1=N[C@@H](c2cn(Cc3ccccc3)c3ccccc23)n2c(nc3ccccc32)N1. The van der Waals surface area contributed by atoms with Crippen LogP contribution in [0.5, 0.6) is 0 Å². The van der Waals surface area contributed by atoms with Gasteiger partial charge >= 0.3 is 0 Å². The molecule has 0 spiro atoms. The number of hydrogen-bond acceptors (Lipinski definition) is 4. The average Bonchev–Trinajstić information content (AvgIpc) is 3.32. The lowest BCUT2D eigenvalue weighted by atomic mass is 10.1. The summed E-state index contributed by atoms with van der Waals surface area (Å²) in [5.74, 6) is 1.09. The van der Waals surface area contributed by atoms with Crippen LogP contribution < -0.4 is 11.1 Å². The fourth-order valence-electron chi connectivity index (χ4n) is 4.32. The topological polar surface area (TPSA) is 73.2 Å². The van der Waals surface area contributed by atoms with Gasteiger partial charge in [0.05, 0.1) is 11.0 Å². The molecule has 0 unspecified atom stereocenters. The highest BCUT2D eigenvalue weighted by Gasteiger charge is 2.27. The maximum atomic E-state index is 6.15. The van der Waals surface area contributed by atoms with Crippen LogP contribution in [0.1, 0.15) is 17.3 Å². The van der Waals surface area contributed by atoms with Crippen molar-refractivity contribution < 1.29 is 0 Å². The van der Waals surface area contributed by atoms with Crippen molar-refractivity contribution in [1.82, 2.24) is 14.1 Å². The number of hydrogen-bond donors (Lipinski definition) is 2. The van der Waals surface area contributed by atoms with Crippen LogP contribution in [0, 0.1) is 0 Å². The van der Waals surface area contributed by atoms with Gasteiger partial charge in [-0.1, -0.05) is 60.7 Å². The minimum atomic E-state index is -0.282. The molecule has 0 saturated carbocycles. The zero-order valence-corrected chi connectivity index (χ0v) is 16.2. The van der Waals surface area contributed by atoms with E-state index in [-0.39, 0.29) is 6.17 Å². The minimum absolute atomic E-state index is 0.282. The first-order chi connectivity index (χ1) is 14.8. The molecule has 6 heteroatoms. The van der Waals surface area contributed by atoms with Crippen molar-refractivity contribution in [2.75, 3.05) is 5.32 Å². The molecular weight excluding hydrogens is 372 g/mol. The fourth-order valence-corrected chi connectivity index (χ4v) is 4.32. The number of aliphatic imine (C=N–C) groups is 1. The Morgan fingerprint density at radius 2 is 1.60 bits per heavy atom. The lowest BCUT2D eigenvalue weighted by Crippen LogP contribution is -2.31. The molecule has 1 atom stereocenters. The zero-order chi connectivity index (χ0) is 20.1.